The summed E-state index contributed by atoms with van der Waals surface area (Å²) in [5, 5.41) is 25.4. The van der Waals surface area contributed by atoms with Crippen LogP contribution in [-0.2, 0) is 6.61 Å². The van der Waals surface area contributed by atoms with Gasteiger partial charge in [-0.3, -0.25) is 4.98 Å². The van der Waals surface area contributed by atoms with Gasteiger partial charge in [0.05, 0.1) is 18.4 Å². The molecular weight excluding hydrogens is 350 g/mol. The number of hydrogen-bond donors (Lipinski definition) is 0. The molecule has 10 nitrogen and oxygen atoms in total. The lowest BCUT2D eigenvalue weighted by molar-refractivity contribution is 0.264. The Labute approximate surface area is 153 Å². The molecule has 0 saturated heterocycles. The van der Waals surface area contributed by atoms with Crippen LogP contribution in [0, 0.1) is 18.3 Å². The second kappa shape index (κ2) is 6.72. The van der Waals surface area contributed by atoms with E-state index in [2.05, 4.69) is 25.4 Å². The van der Waals surface area contributed by atoms with E-state index in [1.54, 1.807) is 31.2 Å². The lowest BCUT2D eigenvalue weighted by Gasteiger charge is -2.09. The van der Waals surface area contributed by atoms with Gasteiger partial charge in [0.15, 0.2) is 17.1 Å². The quantitative estimate of drug-likeness (QED) is 0.523. The number of aromatic nitrogens is 6. The lowest BCUT2D eigenvalue weighted by atomic mass is 10.3. The Bertz CT molecular complexity index is 1140. The van der Waals surface area contributed by atoms with E-state index in [1.165, 1.54) is 17.8 Å². The van der Waals surface area contributed by atoms with Crippen molar-refractivity contribution >= 4 is 5.65 Å². The van der Waals surface area contributed by atoms with Crippen LogP contribution in [-0.4, -0.2) is 37.1 Å². The van der Waals surface area contributed by atoms with Crippen LogP contribution in [0.5, 0.6) is 11.6 Å². The zero-order valence-electron chi connectivity index (χ0n) is 14.4. The highest BCUT2D eigenvalue weighted by atomic mass is 16.5. The third-order valence-electron chi connectivity index (χ3n) is 3.71. The topological polar surface area (TPSA) is 124 Å². The van der Waals surface area contributed by atoms with Crippen molar-refractivity contribution < 1.29 is 14.0 Å². The van der Waals surface area contributed by atoms with Crippen LogP contribution in [0.1, 0.15) is 17.0 Å². The summed E-state index contributed by atoms with van der Waals surface area (Å²) in [5.74, 6) is 1.73. The van der Waals surface area contributed by atoms with Gasteiger partial charge >= 0.3 is 0 Å². The van der Waals surface area contributed by atoms with Crippen molar-refractivity contribution in [1.29, 1.82) is 5.26 Å². The molecule has 0 aromatic carbocycles. The summed E-state index contributed by atoms with van der Waals surface area (Å²) in [6.07, 6.45) is 1.48. The largest absolute Gasteiger partial charge is 0.491 e. The first kappa shape index (κ1) is 16.5. The Morgan fingerprint density at radius 1 is 1.26 bits per heavy atom. The predicted octanol–water partition coefficient (Wildman–Crippen LogP) is 1.94. The molecule has 0 N–H and O–H groups in total. The van der Waals surface area contributed by atoms with E-state index in [-0.39, 0.29) is 12.5 Å². The zero-order valence-corrected chi connectivity index (χ0v) is 14.4. The van der Waals surface area contributed by atoms with Gasteiger partial charge in [-0.25, -0.2) is 0 Å². The maximum atomic E-state index is 8.83. The van der Waals surface area contributed by atoms with E-state index >= 15 is 0 Å². The Hall–Kier alpha value is -4.00. The number of nitriles is 1. The molecule has 0 radical (unpaired) electrons. The van der Waals surface area contributed by atoms with Gasteiger partial charge in [0.1, 0.15) is 18.4 Å². The third-order valence-corrected chi connectivity index (χ3v) is 3.71. The monoisotopic (exact) mass is 363 g/mol. The van der Waals surface area contributed by atoms with Gasteiger partial charge in [-0.05, 0) is 19.1 Å². The highest BCUT2D eigenvalue weighted by molar-refractivity contribution is 5.56. The molecule has 10 heteroatoms. The van der Waals surface area contributed by atoms with E-state index in [9.17, 15) is 0 Å². The van der Waals surface area contributed by atoms with E-state index in [0.717, 1.165) is 0 Å². The van der Waals surface area contributed by atoms with E-state index in [0.29, 0.717) is 39.9 Å². The van der Waals surface area contributed by atoms with Crippen molar-refractivity contribution in [3.05, 3.63) is 47.5 Å². The van der Waals surface area contributed by atoms with Gasteiger partial charge in [0.25, 0.3) is 5.88 Å². The lowest BCUT2D eigenvalue weighted by Crippen LogP contribution is -2.05. The Balaban J connectivity index is 1.67. The molecule has 0 aliphatic rings. The molecule has 4 rings (SSSR count). The molecule has 0 amide bonds. The van der Waals surface area contributed by atoms with Crippen molar-refractivity contribution in [3.8, 4) is 29.2 Å². The maximum absolute atomic E-state index is 8.83. The zero-order chi connectivity index (χ0) is 18.8. The summed E-state index contributed by atoms with van der Waals surface area (Å²) in [5.41, 5.74) is 2.12. The fourth-order valence-electron chi connectivity index (χ4n) is 2.40. The number of pyridine rings is 1. The Morgan fingerprint density at radius 3 is 2.81 bits per heavy atom. The van der Waals surface area contributed by atoms with Crippen LogP contribution >= 0.6 is 0 Å². The van der Waals surface area contributed by atoms with Gasteiger partial charge in [-0.15, -0.1) is 15.3 Å². The molecule has 134 valence electrons. The van der Waals surface area contributed by atoms with Crippen LogP contribution in [0.2, 0.25) is 0 Å². The number of ether oxygens (including phenoxy) is 2. The summed E-state index contributed by atoms with van der Waals surface area (Å²) >= 11 is 0. The predicted molar refractivity (Wildman–Crippen MR) is 90.9 cm³/mol. The molecule has 0 unspecified atom stereocenters. The van der Waals surface area contributed by atoms with Gasteiger partial charge in [-0.2, -0.15) is 9.78 Å². The van der Waals surface area contributed by atoms with E-state index < -0.39 is 0 Å². The molecule has 0 aliphatic heterocycles. The molecule has 0 fully saturated rings. The summed E-state index contributed by atoms with van der Waals surface area (Å²) in [6.45, 7) is 1.94. The van der Waals surface area contributed by atoms with Gasteiger partial charge in [-0.1, -0.05) is 5.16 Å². The first-order valence-corrected chi connectivity index (χ1v) is 7.90. The summed E-state index contributed by atoms with van der Waals surface area (Å²) in [6, 6.07) is 8.81. The molecule has 0 spiro atoms. The van der Waals surface area contributed by atoms with Crippen LogP contribution < -0.4 is 9.47 Å². The normalized spacial score (nSPS) is 10.7. The molecule has 4 aromatic rings. The highest BCUT2D eigenvalue weighted by Crippen LogP contribution is 2.28. The minimum atomic E-state index is 0.154. The number of methoxy groups -OCH3 is 1. The SMILES string of the molecule is COc1cc2nnc(-c3cc(C)on3)n2nc1OCc1ccc(C#N)cn1. The number of nitrogens with zero attached hydrogens (tertiary/aromatic N) is 7. The van der Waals surface area contributed by atoms with Gasteiger partial charge < -0.3 is 14.0 Å². The first-order chi connectivity index (χ1) is 13.2. The van der Waals surface area contributed by atoms with Crippen molar-refractivity contribution in [2.75, 3.05) is 7.11 Å². The van der Waals surface area contributed by atoms with Crippen LogP contribution in [0.15, 0.2) is 35.0 Å². The van der Waals surface area contributed by atoms with Crippen molar-refractivity contribution in [3.63, 3.8) is 0 Å². The third kappa shape index (κ3) is 3.13. The van der Waals surface area contributed by atoms with E-state index in [1.807, 2.05) is 6.07 Å². The number of hydrogen-bond acceptors (Lipinski definition) is 9. The van der Waals surface area contributed by atoms with Crippen molar-refractivity contribution in [1.82, 2.24) is 30.0 Å². The maximum Gasteiger partial charge on any atom is 0.275 e. The van der Waals surface area contributed by atoms with Gasteiger partial charge in [0.2, 0.25) is 5.82 Å². The Kier molecular flexibility index (Phi) is 4.10. The van der Waals surface area contributed by atoms with Crippen molar-refractivity contribution in [2.24, 2.45) is 0 Å². The molecule has 4 heterocycles. The average Bonchev–Trinajstić information content (AvgIpc) is 3.31. The standard InChI is InChI=1S/C17H13N7O3/c1-10-5-13(23-27-10)16-21-20-15-6-14(25-2)17(22-24(15)16)26-9-12-4-3-11(7-18)8-19-12/h3-6,8H,9H2,1-2H3. The first-order valence-electron chi connectivity index (χ1n) is 7.90. The minimum absolute atomic E-state index is 0.154. The summed E-state index contributed by atoms with van der Waals surface area (Å²) in [7, 11) is 1.51. The molecule has 4 aromatic heterocycles. The number of fused-ring (bicyclic) bond motifs is 1. The summed E-state index contributed by atoms with van der Waals surface area (Å²) < 4.78 is 17.7. The molecule has 0 atom stereocenters. The second-order valence-corrected chi connectivity index (χ2v) is 5.57. The van der Waals surface area contributed by atoms with E-state index in [4.69, 9.17) is 19.3 Å². The number of aryl methyl sites for hydroxylation is 1. The Morgan fingerprint density at radius 2 is 2.15 bits per heavy atom. The van der Waals surface area contributed by atoms with Crippen LogP contribution in [0.4, 0.5) is 0 Å². The van der Waals surface area contributed by atoms with Crippen LogP contribution in [0.3, 0.4) is 0 Å². The molecule has 0 bridgehead atoms. The van der Waals surface area contributed by atoms with Crippen LogP contribution in [0.25, 0.3) is 17.2 Å². The number of rotatable bonds is 5. The highest BCUT2D eigenvalue weighted by Gasteiger charge is 2.17. The van der Waals surface area contributed by atoms with Gasteiger partial charge in [0, 0.05) is 18.3 Å². The fourth-order valence-corrected chi connectivity index (χ4v) is 2.40. The smallest absolute Gasteiger partial charge is 0.275 e. The molecule has 0 saturated carbocycles. The molecule has 27 heavy (non-hydrogen) atoms. The minimum Gasteiger partial charge on any atom is -0.491 e. The fraction of sp³-hybridized carbons (Fsp3) is 0.176. The summed E-state index contributed by atoms with van der Waals surface area (Å²) in [4.78, 5) is 4.17. The molecular formula is C17H13N7O3. The average molecular weight is 363 g/mol. The van der Waals surface area contributed by atoms with Crippen molar-refractivity contribution in [2.45, 2.75) is 13.5 Å². The molecule has 0 aliphatic carbocycles. The second-order valence-electron chi connectivity index (χ2n) is 5.57.